The molecule has 7 aromatic rings. The molecule has 7 aromatic carbocycles. The molecule has 0 spiro atoms. The number of carbonyl (C=O) groups is 3. The number of hydrogen-bond acceptors (Lipinski definition) is 5. The number of esters is 2. The Morgan fingerprint density at radius 1 is 0.490 bits per heavy atom. The summed E-state index contributed by atoms with van der Waals surface area (Å²) >= 11 is 0. The van der Waals surface area contributed by atoms with E-state index in [-0.39, 0.29) is 18.1 Å². The van der Waals surface area contributed by atoms with E-state index in [2.05, 4.69) is 5.32 Å². The van der Waals surface area contributed by atoms with Crippen LogP contribution in [0.25, 0.3) is 32.7 Å². The molecule has 6 nitrogen and oxygen atoms in total. The van der Waals surface area contributed by atoms with Gasteiger partial charge in [0.2, 0.25) is 0 Å². The lowest BCUT2D eigenvalue weighted by Crippen LogP contribution is -2.44. The van der Waals surface area contributed by atoms with Crippen molar-refractivity contribution < 1.29 is 23.9 Å². The first-order chi connectivity index (χ1) is 24.0. The van der Waals surface area contributed by atoms with Gasteiger partial charge < -0.3 is 14.8 Å². The normalized spacial score (nSPS) is 11.5. The molecule has 0 saturated carbocycles. The third-order valence-corrected chi connectivity index (χ3v) is 8.36. The van der Waals surface area contributed by atoms with Crippen LogP contribution in [0.4, 0.5) is 0 Å². The number of benzene rings is 7. The lowest BCUT2D eigenvalue weighted by atomic mass is 9.92. The molecule has 238 valence electrons. The van der Waals surface area contributed by atoms with Gasteiger partial charge in [-0.2, -0.15) is 0 Å². The molecule has 0 bridgehead atoms. The minimum absolute atomic E-state index is 0.218. The zero-order valence-electron chi connectivity index (χ0n) is 26.4. The van der Waals surface area contributed by atoms with E-state index in [9.17, 15) is 14.4 Å². The first-order valence-corrected chi connectivity index (χ1v) is 16.0. The maximum Gasteiger partial charge on any atom is 0.343 e. The van der Waals surface area contributed by atoms with Crippen LogP contribution in [-0.4, -0.2) is 23.9 Å². The maximum atomic E-state index is 14.2. The number of amides is 1. The fourth-order valence-corrected chi connectivity index (χ4v) is 5.98. The molecule has 0 aromatic heterocycles. The van der Waals surface area contributed by atoms with E-state index in [0.29, 0.717) is 28.0 Å². The highest BCUT2D eigenvalue weighted by molar-refractivity contribution is 6.11. The van der Waals surface area contributed by atoms with Gasteiger partial charge >= 0.3 is 11.9 Å². The number of fused-ring (bicyclic) bond motifs is 2. The van der Waals surface area contributed by atoms with E-state index in [1.54, 1.807) is 60.7 Å². The molecule has 0 fully saturated rings. The Morgan fingerprint density at radius 3 is 1.53 bits per heavy atom. The van der Waals surface area contributed by atoms with E-state index in [1.807, 2.05) is 103 Å². The molecule has 6 heteroatoms. The summed E-state index contributed by atoms with van der Waals surface area (Å²) in [6.07, 6.45) is 0.218. The fourth-order valence-electron chi connectivity index (χ4n) is 5.98. The molecule has 1 N–H and O–H groups in total. The highest BCUT2D eigenvalue weighted by atomic mass is 16.5. The van der Waals surface area contributed by atoms with Crippen LogP contribution < -0.4 is 14.8 Å². The number of carbonyl (C=O) groups excluding carboxylic acids is 3. The molecule has 0 radical (unpaired) electrons. The first-order valence-electron chi connectivity index (χ1n) is 16.0. The number of ether oxygens (including phenoxy) is 2. The van der Waals surface area contributed by atoms with Crippen LogP contribution in [0.1, 0.15) is 26.3 Å². The first kappa shape index (κ1) is 31.1. The second-order valence-corrected chi connectivity index (χ2v) is 11.6. The average Bonchev–Trinajstić information content (AvgIpc) is 3.15. The predicted molar refractivity (Wildman–Crippen MR) is 192 cm³/mol. The van der Waals surface area contributed by atoms with Crippen molar-refractivity contribution in [2.24, 2.45) is 0 Å². The monoisotopic (exact) mass is 641 g/mol. The van der Waals surface area contributed by atoms with Gasteiger partial charge in [0.1, 0.15) is 17.5 Å². The van der Waals surface area contributed by atoms with E-state index in [0.717, 1.165) is 27.1 Å². The zero-order valence-corrected chi connectivity index (χ0v) is 26.4. The Bertz CT molecular complexity index is 2290. The maximum absolute atomic E-state index is 14.2. The average molecular weight is 642 g/mol. The van der Waals surface area contributed by atoms with Crippen LogP contribution in [-0.2, 0) is 11.2 Å². The molecule has 1 amide bonds. The van der Waals surface area contributed by atoms with Crippen LogP contribution in [0.3, 0.4) is 0 Å². The van der Waals surface area contributed by atoms with Gasteiger partial charge in [0.15, 0.2) is 0 Å². The highest BCUT2D eigenvalue weighted by Gasteiger charge is 2.27. The largest absolute Gasteiger partial charge is 0.424 e. The summed E-state index contributed by atoms with van der Waals surface area (Å²) in [5.41, 5.74) is 2.90. The van der Waals surface area contributed by atoms with Gasteiger partial charge in [-0.1, -0.05) is 127 Å². The van der Waals surface area contributed by atoms with Crippen molar-refractivity contribution in [1.29, 1.82) is 0 Å². The van der Waals surface area contributed by atoms with Gasteiger partial charge in [0, 0.05) is 23.1 Å². The van der Waals surface area contributed by atoms with Gasteiger partial charge in [0.05, 0.1) is 5.56 Å². The van der Waals surface area contributed by atoms with E-state index >= 15 is 0 Å². The summed E-state index contributed by atoms with van der Waals surface area (Å²) in [7, 11) is 0. The Morgan fingerprint density at radius 2 is 0.959 bits per heavy atom. The molecule has 0 heterocycles. The lowest BCUT2D eigenvalue weighted by molar-refractivity contribution is -0.136. The van der Waals surface area contributed by atoms with Gasteiger partial charge in [-0.25, -0.2) is 9.59 Å². The van der Waals surface area contributed by atoms with Gasteiger partial charge in [0.25, 0.3) is 5.91 Å². The molecule has 0 aliphatic rings. The van der Waals surface area contributed by atoms with Gasteiger partial charge in [-0.15, -0.1) is 0 Å². The zero-order chi connectivity index (χ0) is 33.6. The predicted octanol–water partition coefficient (Wildman–Crippen LogP) is 8.83. The van der Waals surface area contributed by atoms with Crippen molar-refractivity contribution in [3.8, 4) is 22.6 Å². The van der Waals surface area contributed by atoms with Crippen LogP contribution in [0.15, 0.2) is 164 Å². The molecule has 1 atom stereocenters. The number of nitrogens with one attached hydrogen (secondary N) is 1. The Kier molecular flexibility index (Phi) is 8.93. The van der Waals surface area contributed by atoms with Crippen molar-refractivity contribution in [2.75, 3.05) is 0 Å². The quantitative estimate of drug-likeness (QED) is 0.126. The summed E-state index contributed by atoms with van der Waals surface area (Å²) < 4.78 is 12.4. The smallest absolute Gasteiger partial charge is 0.343 e. The summed E-state index contributed by atoms with van der Waals surface area (Å²) in [5.74, 6) is -0.944. The number of hydrogen-bond donors (Lipinski definition) is 1. The Balaban J connectivity index is 1.34. The molecule has 0 aliphatic heterocycles. The third-order valence-electron chi connectivity index (χ3n) is 8.36. The highest BCUT2D eigenvalue weighted by Crippen LogP contribution is 2.45. The summed E-state index contributed by atoms with van der Waals surface area (Å²) in [5, 5.41) is 6.34. The standard InChI is InChI=1S/C43H31NO5/c45-41(32-18-6-2-7-19-32)44-36(28-29-14-4-1-5-15-29)43(47)49-38-27-25-31-17-11-13-23-35(31)40(38)39-34-22-12-10-16-30(34)24-26-37(39)48-42(46)33-20-8-3-9-21-33/h1-27,36H,28H2,(H,44,45)/t36-/m1/s1. The van der Waals surface area contributed by atoms with Crippen molar-refractivity contribution >= 4 is 39.4 Å². The van der Waals surface area contributed by atoms with Crippen molar-refractivity contribution in [3.05, 3.63) is 180 Å². The lowest BCUT2D eigenvalue weighted by Gasteiger charge is -2.21. The summed E-state index contributed by atoms with van der Waals surface area (Å²) in [6, 6.07) is 48.9. The van der Waals surface area contributed by atoms with Crippen LogP contribution in [0, 0.1) is 0 Å². The summed E-state index contributed by atoms with van der Waals surface area (Å²) in [6.45, 7) is 0. The Labute approximate surface area is 283 Å². The molecule has 0 unspecified atom stereocenters. The SMILES string of the molecule is O=C(N[C@H](Cc1ccccc1)C(=O)Oc1ccc2ccccc2c1-c1c(OC(=O)c2ccccc2)ccc2ccccc12)c1ccccc1. The van der Waals surface area contributed by atoms with E-state index in [1.165, 1.54) is 0 Å². The van der Waals surface area contributed by atoms with Gasteiger partial charge in [-0.05, 0) is 63.5 Å². The summed E-state index contributed by atoms with van der Waals surface area (Å²) in [4.78, 5) is 40.9. The fraction of sp³-hybridized carbons (Fsp3) is 0.0465. The molecule has 49 heavy (non-hydrogen) atoms. The second kappa shape index (κ2) is 14.1. The van der Waals surface area contributed by atoms with E-state index in [4.69, 9.17) is 9.47 Å². The number of rotatable bonds is 9. The Hall–Kier alpha value is -6.53. The third kappa shape index (κ3) is 6.80. The molecule has 0 aliphatic carbocycles. The minimum atomic E-state index is -1.00. The van der Waals surface area contributed by atoms with Crippen molar-refractivity contribution in [3.63, 3.8) is 0 Å². The molecular formula is C43H31NO5. The second-order valence-electron chi connectivity index (χ2n) is 11.6. The van der Waals surface area contributed by atoms with E-state index < -0.39 is 18.0 Å². The van der Waals surface area contributed by atoms with Crippen LogP contribution in [0.5, 0.6) is 11.5 Å². The van der Waals surface area contributed by atoms with Crippen LogP contribution in [0.2, 0.25) is 0 Å². The van der Waals surface area contributed by atoms with Crippen LogP contribution >= 0.6 is 0 Å². The molecule has 0 saturated heterocycles. The minimum Gasteiger partial charge on any atom is -0.424 e. The molecular weight excluding hydrogens is 610 g/mol. The topological polar surface area (TPSA) is 81.7 Å². The molecule has 7 rings (SSSR count). The van der Waals surface area contributed by atoms with Crippen molar-refractivity contribution in [2.45, 2.75) is 12.5 Å². The van der Waals surface area contributed by atoms with Crippen molar-refractivity contribution in [1.82, 2.24) is 5.32 Å². The van der Waals surface area contributed by atoms with Gasteiger partial charge in [-0.3, -0.25) is 4.79 Å².